The maximum Gasteiger partial charge on any atom is 0.0113 e. The van der Waals surface area contributed by atoms with Crippen LogP contribution in [0.2, 0.25) is 0 Å². The molecule has 2 atom stereocenters. The van der Waals surface area contributed by atoms with Crippen molar-refractivity contribution >= 4 is 11.3 Å². The van der Waals surface area contributed by atoms with Crippen molar-refractivity contribution in [2.24, 2.45) is 0 Å². The van der Waals surface area contributed by atoms with E-state index in [-0.39, 0.29) is 0 Å². The lowest BCUT2D eigenvalue weighted by Gasteiger charge is -2.19. The van der Waals surface area contributed by atoms with Crippen LogP contribution in [0.4, 0.5) is 0 Å². The second-order valence-corrected chi connectivity index (χ2v) is 4.90. The highest BCUT2D eigenvalue weighted by Gasteiger charge is 2.14. The molecule has 74 valence electrons. The summed E-state index contributed by atoms with van der Waals surface area (Å²) < 4.78 is 0. The molecule has 0 aliphatic rings. The summed E-state index contributed by atoms with van der Waals surface area (Å²) in [5, 5.41) is 3.46. The van der Waals surface area contributed by atoms with E-state index in [0.717, 1.165) is 6.54 Å². The first kappa shape index (κ1) is 10.7. The molecule has 1 aromatic rings. The first-order valence-corrected chi connectivity index (χ1v) is 5.76. The number of nitrogens with one attached hydrogen (secondary N) is 1. The Morgan fingerprint density at radius 1 is 1.38 bits per heavy atom. The highest BCUT2D eigenvalue weighted by Crippen LogP contribution is 2.26. The van der Waals surface area contributed by atoms with Gasteiger partial charge < -0.3 is 5.32 Å². The van der Waals surface area contributed by atoms with Gasteiger partial charge in [0.1, 0.15) is 0 Å². The number of hydrogen-bond acceptors (Lipinski definition) is 2. The van der Waals surface area contributed by atoms with Crippen LogP contribution in [0.15, 0.2) is 12.1 Å². The molecule has 0 aromatic carbocycles. The highest BCUT2D eigenvalue weighted by atomic mass is 32.1. The number of hydrogen-bond donors (Lipinski definition) is 1. The number of thiophene rings is 1. The van der Waals surface area contributed by atoms with Gasteiger partial charge in [-0.2, -0.15) is 0 Å². The maximum absolute atomic E-state index is 3.46. The SMILES string of the molecule is CCNC(C)C(C)c1ccc(C)s1. The van der Waals surface area contributed by atoms with Crippen LogP contribution in [0.1, 0.15) is 36.4 Å². The molecule has 0 spiro atoms. The Hall–Kier alpha value is -0.340. The van der Waals surface area contributed by atoms with Gasteiger partial charge in [-0.1, -0.05) is 13.8 Å². The van der Waals surface area contributed by atoms with Crippen LogP contribution in [0.5, 0.6) is 0 Å². The summed E-state index contributed by atoms with van der Waals surface area (Å²) in [6, 6.07) is 5.02. The van der Waals surface area contributed by atoms with Gasteiger partial charge in [-0.15, -0.1) is 11.3 Å². The van der Waals surface area contributed by atoms with Crippen LogP contribution in [0, 0.1) is 6.92 Å². The van der Waals surface area contributed by atoms with Gasteiger partial charge in [0.05, 0.1) is 0 Å². The molecular weight excluding hydrogens is 178 g/mol. The molecule has 1 rings (SSSR count). The first-order valence-electron chi connectivity index (χ1n) is 4.94. The minimum absolute atomic E-state index is 0.572. The van der Waals surface area contributed by atoms with E-state index >= 15 is 0 Å². The van der Waals surface area contributed by atoms with Crippen molar-refractivity contribution in [3.63, 3.8) is 0 Å². The highest BCUT2D eigenvalue weighted by molar-refractivity contribution is 7.12. The minimum atomic E-state index is 0.572. The van der Waals surface area contributed by atoms with Crippen LogP contribution >= 0.6 is 11.3 Å². The molecule has 0 saturated carbocycles. The Morgan fingerprint density at radius 3 is 2.54 bits per heavy atom. The number of likely N-dealkylation sites (N-methyl/N-ethyl adjacent to an activating group) is 1. The molecule has 0 fully saturated rings. The molecule has 0 aliphatic carbocycles. The largest absolute Gasteiger partial charge is 0.314 e. The van der Waals surface area contributed by atoms with Crippen molar-refractivity contribution in [1.82, 2.24) is 5.32 Å². The normalized spacial score (nSPS) is 15.7. The Labute approximate surface area is 85.2 Å². The van der Waals surface area contributed by atoms with Crippen LogP contribution in [-0.2, 0) is 0 Å². The Morgan fingerprint density at radius 2 is 2.08 bits per heavy atom. The third kappa shape index (κ3) is 2.82. The zero-order valence-corrected chi connectivity index (χ0v) is 9.74. The minimum Gasteiger partial charge on any atom is -0.314 e. The summed E-state index contributed by atoms with van der Waals surface area (Å²) >= 11 is 1.91. The summed E-state index contributed by atoms with van der Waals surface area (Å²) in [4.78, 5) is 2.90. The van der Waals surface area contributed by atoms with Crippen molar-refractivity contribution in [2.45, 2.75) is 39.7 Å². The van der Waals surface area contributed by atoms with Gasteiger partial charge in [-0.3, -0.25) is 0 Å². The predicted octanol–water partition coefficient (Wildman–Crippen LogP) is 3.16. The van der Waals surface area contributed by atoms with E-state index in [1.165, 1.54) is 9.75 Å². The van der Waals surface area contributed by atoms with Gasteiger partial charge in [0.15, 0.2) is 0 Å². The fraction of sp³-hybridized carbons (Fsp3) is 0.636. The van der Waals surface area contributed by atoms with Crippen molar-refractivity contribution in [3.05, 3.63) is 21.9 Å². The Kier molecular flexibility index (Phi) is 3.94. The van der Waals surface area contributed by atoms with Crippen LogP contribution in [0.25, 0.3) is 0 Å². The molecule has 2 unspecified atom stereocenters. The number of aryl methyl sites for hydroxylation is 1. The van der Waals surface area contributed by atoms with Gasteiger partial charge in [0.25, 0.3) is 0 Å². The van der Waals surface area contributed by atoms with E-state index < -0.39 is 0 Å². The predicted molar refractivity (Wildman–Crippen MR) is 60.6 cm³/mol. The standard InChI is InChI=1S/C11H19NS/c1-5-12-10(4)9(3)11-7-6-8(2)13-11/h6-7,9-10,12H,5H2,1-4H3. The van der Waals surface area contributed by atoms with E-state index in [1.54, 1.807) is 0 Å². The fourth-order valence-electron chi connectivity index (χ4n) is 1.44. The molecule has 13 heavy (non-hydrogen) atoms. The van der Waals surface area contributed by atoms with Gasteiger partial charge >= 0.3 is 0 Å². The molecule has 1 aromatic heterocycles. The maximum atomic E-state index is 3.46. The van der Waals surface area contributed by atoms with E-state index in [9.17, 15) is 0 Å². The summed E-state index contributed by atoms with van der Waals surface area (Å²) in [5.74, 6) is 0.624. The summed E-state index contributed by atoms with van der Waals surface area (Å²) in [6.45, 7) is 9.92. The fourth-order valence-corrected chi connectivity index (χ4v) is 2.48. The molecule has 2 heteroatoms. The lowest BCUT2D eigenvalue weighted by atomic mass is 10.0. The molecule has 1 heterocycles. The number of rotatable bonds is 4. The van der Waals surface area contributed by atoms with Crippen molar-refractivity contribution in [2.75, 3.05) is 6.54 Å². The Bertz CT molecular complexity index is 254. The molecule has 1 N–H and O–H groups in total. The van der Waals surface area contributed by atoms with E-state index in [0.29, 0.717) is 12.0 Å². The van der Waals surface area contributed by atoms with Crippen molar-refractivity contribution in [1.29, 1.82) is 0 Å². The zero-order chi connectivity index (χ0) is 9.84. The average Bonchev–Trinajstić information content (AvgIpc) is 2.51. The molecular formula is C11H19NS. The molecule has 0 aliphatic heterocycles. The van der Waals surface area contributed by atoms with Crippen molar-refractivity contribution < 1.29 is 0 Å². The van der Waals surface area contributed by atoms with Gasteiger partial charge in [0, 0.05) is 21.7 Å². The summed E-state index contributed by atoms with van der Waals surface area (Å²) in [7, 11) is 0. The molecule has 0 amide bonds. The summed E-state index contributed by atoms with van der Waals surface area (Å²) in [6.07, 6.45) is 0. The van der Waals surface area contributed by atoms with Gasteiger partial charge in [-0.05, 0) is 32.5 Å². The monoisotopic (exact) mass is 197 g/mol. The van der Waals surface area contributed by atoms with Crippen LogP contribution < -0.4 is 5.32 Å². The quantitative estimate of drug-likeness (QED) is 0.782. The Balaban J connectivity index is 2.61. The first-order chi connectivity index (χ1) is 6.15. The zero-order valence-electron chi connectivity index (χ0n) is 8.92. The van der Waals surface area contributed by atoms with Gasteiger partial charge in [0.2, 0.25) is 0 Å². The topological polar surface area (TPSA) is 12.0 Å². The third-order valence-corrected chi connectivity index (χ3v) is 3.69. The molecule has 0 bridgehead atoms. The third-order valence-electron chi connectivity index (χ3n) is 2.49. The average molecular weight is 197 g/mol. The lowest BCUT2D eigenvalue weighted by Crippen LogP contribution is -2.30. The van der Waals surface area contributed by atoms with E-state index in [1.807, 2.05) is 11.3 Å². The van der Waals surface area contributed by atoms with Crippen molar-refractivity contribution in [3.8, 4) is 0 Å². The smallest absolute Gasteiger partial charge is 0.0113 e. The van der Waals surface area contributed by atoms with E-state index in [4.69, 9.17) is 0 Å². The lowest BCUT2D eigenvalue weighted by molar-refractivity contribution is 0.500. The summed E-state index contributed by atoms with van der Waals surface area (Å²) in [5.41, 5.74) is 0. The van der Waals surface area contributed by atoms with Crippen LogP contribution in [0.3, 0.4) is 0 Å². The second-order valence-electron chi connectivity index (χ2n) is 3.58. The molecule has 0 saturated heterocycles. The molecule has 0 radical (unpaired) electrons. The van der Waals surface area contributed by atoms with Crippen LogP contribution in [-0.4, -0.2) is 12.6 Å². The van der Waals surface area contributed by atoms with E-state index in [2.05, 4.69) is 45.1 Å². The second kappa shape index (κ2) is 4.77. The van der Waals surface area contributed by atoms with Gasteiger partial charge in [-0.25, -0.2) is 0 Å². The molecule has 1 nitrogen and oxygen atoms in total.